The number of rotatable bonds is 5. The second kappa shape index (κ2) is 10.9. The SMILES string of the molecule is CCSc1ccc(SC)cc1.O=[P+](O)O[P+](=O)O. The highest BCUT2D eigenvalue weighted by molar-refractivity contribution is 7.99. The van der Waals surface area contributed by atoms with Crippen LogP contribution in [0.25, 0.3) is 0 Å². The van der Waals surface area contributed by atoms with Crippen molar-refractivity contribution in [1.82, 2.24) is 0 Å². The van der Waals surface area contributed by atoms with Gasteiger partial charge in [0.05, 0.1) is 0 Å². The first-order valence-electron chi connectivity index (χ1n) is 4.76. The van der Waals surface area contributed by atoms with E-state index in [0.29, 0.717) is 0 Å². The van der Waals surface area contributed by atoms with Gasteiger partial charge in [0.25, 0.3) is 0 Å². The van der Waals surface area contributed by atoms with Crippen molar-refractivity contribution in [2.24, 2.45) is 0 Å². The average molecular weight is 328 g/mol. The normalized spacial score (nSPS) is 11.3. The molecule has 2 unspecified atom stereocenters. The Morgan fingerprint density at radius 2 is 1.56 bits per heavy atom. The zero-order valence-corrected chi connectivity index (χ0v) is 13.3. The summed E-state index contributed by atoms with van der Waals surface area (Å²) in [6, 6.07) is 8.70. The molecule has 0 spiro atoms. The summed E-state index contributed by atoms with van der Waals surface area (Å²) in [5.41, 5.74) is 0. The number of hydrogen-bond acceptors (Lipinski definition) is 5. The lowest BCUT2D eigenvalue weighted by Crippen LogP contribution is -1.72. The molecule has 0 heterocycles. The van der Waals surface area contributed by atoms with Gasteiger partial charge >= 0.3 is 16.5 Å². The second-order valence-corrected chi connectivity index (χ2v) is 6.49. The van der Waals surface area contributed by atoms with Crippen LogP contribution in [-0.2, 0) is 13.4 Å². The van der Waals surface area contributed by atoms with Gasteiger partial charge in [-0.3, -0.25) is 0 Å². The van der Waals surface area contributed by atoms with Crippen LogP contribution in [0.2, 0.25) is 0 Å². The minimum Gasteiger partial charge on any atom is -0.131 e. The molecule has 1 aromatic carbocycles. The smallest absolute Gasteiger partial charge is 0.131 e. The van der Waals surface area contributed by atoms with Gasteiger partial charge in [-0.05, 0) is 36.3 Å². The Morgan fingerprint density at radius 1 is 1.11 bits per heavy atom. The van der Waals surface area contributed by atoms with Gasteiger partial charge in [-0.15, -0.1) is 33.3 Å². The summed E-state index contributed by atoms with van der Waals surface area (Å²) >= 11 is 3.67. The summed E-state index contributed by atoms with van der Waals surface area (Å²) < 4.78 is 22.2. The van der Waals surface area contributed by atoms with Crippen molar-refractivity contribution in [2.75, 3.05) is 12.0 Å². The van der Waals surface area contributed by atoms with E-state index >= 15 is 0 Å². The molecule has 9 heteroatoms. The fraction of sp³-hybridized carbons (Fsp3) is 0.333. The van der Waals surface area contributed by atoms with E-state index in [1.165, 1.54) is 9.79 Å². The lowest BCUT2D eigenvalue weighted by atomic mass is 10.4. The summed E-state index contributed by atoms with van der Waals surface area (Å²) in [5.74, 6) is 1.15. The molecule has 0 amide bonds. The van der Waals surface area contributed by atoms with Crippen LogP contribution >= 0.6 is 40.0 Å². The zero-order chi connectivity index (χ0) is 14.0. The van der Waals surface area contributed by atoms with E-state index < -0.39 is 16.5 Å². The van der Waals surface area contributed by atoms with Crippen molar-refractivity contribution in [3.63, 3.8) is 0 Å². The van der Waals surface area contributed by atoms with Gasteiger partial charge in [-0.1, -0.05) is 6.92 Å². The van der Waals surface area contributed by atoms with E-state index in [9.17, 15) is 9.13 Å². The third-order valence-corrected chi connectivity index (χ3v) is 4.27. The molecule has 0 aromatic heterocycles. The van der Waals surface area contributed by atoms with E-state index in [4.69, 9.17) is 9.79 Å². The highest BCUT2D eigenvalue weighted by Crippen LogP contribution is 2.30. The Morgan fingerprint density at radius 3 is 1.83 bits per heavy atom. The molecule has 0 saturated carbocycles. The Kier molecular flexibility index (Phi) is 10.9. The zero-order valence-electron chi connectivity index (χ0n) is 9.85. The maximum atomic E-state index is 9.39. The Bertz CT molecular complexity index is 373. The summed E-state index contributed by atoms with van der Waals surface area (Å²) in [4.78, 5) is 18.0. The van der Waals surface area contributed by atoms with Gasteiger partial charge in [-0.25, -0.2) is 0 Å². The molecule has 0 aliphatic heterocycles. The predicted octanol–water partition coefficient (Wildman–Crippen LogP) is 3.82. The standard InChI is InChI=1S/C9H12S2.O5P2/c1-3-11-9-6-4-8(10-2)5-7-9;1-6(2)5-7(3)4/h4-7H,3H2,1-2H3;/p+2. The molecule has 0 radical (unpaired) electrons. The van der Waals surface area contributed by atoms with E-state index in [2.05, 4.69) is 41.8 Å². The van der Waals surface area contributed by atoms with Crippen LogP contribution in [0, 0.1) is 0 Å². The maximum Gasteiger partial charge on any atom is 0.745 e. The fourth-order valence-electron chi connectivity index (χ4n) is 0.898. The second-order valence-electron chi connectivity index (χ2n) is 2.67. The van der Waals surface area contributed by atoms with E-state index in [-0.39, 0.29) is 0 Å². The molecule has 1 rings (SSSR count). The minimum atomic E-state index is -2.92. The van der Waals surface area contributed by atoms with Crippen molar-refractivity contribution >= 4 is 40.0 Å². The highest BCUT2D eigenvalue weighted by Gasteiger charge is 2.31. The van der Waals surface area contributed by atoms with Gasteiger partial charge in [0.15, 0.2) is 4.31 Å². The minimum absolute atomic E-state index is 1.15. The first kappa shape index (κ1) is 18.0. The third kappa shape index (κ3) is 9.97. The van der Waals surface area contributed by atoms with E-state index in [1.54, 1.807) is 11.8 Å². The monoisotopic (exact) mass is 328 g/mol. The number of thioether (sulfide) groups is 2. The van der Waals surface area contributed by atoms with Gasteiger partial charge in [0.2, 0.25) is 0 Å². The first-order chi connectivity index (χ1) is 8.49. The Hall–Kier alpha value is -0.000000000000000132. The van der Waals surface area contributed by atoms with Crippen molar-refractivity contribution < 1.29 is 23.2 Å². The lowest BCUT2D eigenvalue weighted by Gasteiger charge is -1.98. The summed E-state index contributed by atoms with van der Waals surface area (Å²) in [5, 5.41) is 0. The molecule has 0 aliphatic rings. The first-order valence-corrected chi connectivity index (χ1v) is 9.23. The summed E-state index contributed by atoms with van der Waals surface area (Å²) in [6.07, 6.45) is 2.10. The molecule has 0 aliphatic carbocycles. The van der Waals surface area contributed by atoms with Crippen LogP contribution in [-0.4, -0.2) is 21.8 Å². The van der Waals surface area contributed by atoms with Gasteiger partial charge in [-0.2, -0.15) is 0 Å². The Labute approximate surface area is 116 Å². The predicted molar refractivity (Wildman–Crippen MR) is 75.4 cm³/mol. The van der Waals surface area contributed by atoms with Gasteiger partial charge in [0, 0.05) is 18.9 Å². The van der Waals surface area contributed by atoms with Crippen molar-refractivity contribution in [3.8, 4) is 0 Å². The lowest BCUT2D eigenvalue weighted by molar-refractivity contribution is 0.371. The van der Waals surface area contributed by atoms with Gasteiger partial charge in [0.1, 0.15) is 0 Å². The van der Waals surface area contributed by atoms with Crippen LogP contribution in [0.4, 0.5) is 0 Å². The van der Waals surface area contributed by atoms with Crippen LogP contribution in [0.15, 0.2) is 34.1 Å². The number of hydrogen-bond donors (Lipinski definition) is 2. The Balaban J connectivity index is 0.000000360. The molecule has 1 aromatic rings. The summed E-state index contributed by atoms with van der Waals surface area (Å²) in [6.45, 7) is 2.17. The van der Waals surface area contributed by atoms with E-state index in [0.717, 1.165) is 5.75 Å². The average Bonchev–Trinajstić information content (AvgIpc) is 2.29. The molecular weight excluding hydrogens is 314 g/mol. The molecule has 100 valence electrons. The number of benzene rings is 1. The van der Waals surface area contributed by atoms with Crippen LogP contribution in [0.1, 0.15) is 6.92 Å². The van der Waals surface area contributed by atoms with Gasteiger partial charge < -0.3 is 0 Å². The maximum absolute atomic E-state index is 9.39. The highest BCUT2D eigenvalue weighted by atomic mass is 32.2. The molecular formula is C9H14O5P2S2+2. The molecule has 18 heavy (non-hydrogen) atoms. The molecule has 0 fully saturated rings. The molecule has 5 nitrogen and oxygen atoms in total. The molecule has 0 bridgehead atoms. The van der Waals surface area contributed by atoms with Crippen LogP contribution in [0.3, 0.4) is 0 Å². The quantitative estimate of drug-likeness (QED) is 0.628. The van der Waals surface area contributed by atoms with E-state index in [1.807, 2.05) is 11.8 Å². The van der Waals surface area contributed by atoms with Crippen molar-refractivity contribution in [1.29, 1.82) is 0 Å². The summed E-state index contributed by atoms with van der Waals surface area (Å²) in [7, 11) is -5.85. The molecule has 2 atom stereocenters. The van der Waals surface area contributed by atoms with Crippen molar-refractivity contribution in [2.45, 2.75) is 16.7 Å². The molecule has 0 saturated heterocycles. The third-order valence-electron chi connectivity index (χ3n) is 1.51. The van der Waals surface area contributed by atoms with Crippen LogP contribution < -0.4 is 0 Å². The molecule has 2 N–H and O–H groups in total. The van der Waals surface area contributed by atoms with Crippen molar-refractivity contribution in [3.05, 3.63) is 24.3 Å². The fourth-order valence-corrected chi connectivity index (χ4v) is 2.45. The van der Waals surface area contributed by atoms with Crippen LogP contribution in [0.5, 0.6) is 0 Å². The topological polar surface area (TPSA) is 83.8 Å². The largest absolute Gasteiger partial charge is 0.745 e.